The fourth-order valence-corrected chi connectivity index (χ4v) is 1.41. The number of hydrogen-bond acceptors (Lipinski definition) is 4. The van der Waals surface area contributed by atoms with Crippen LogP contribution in [0.1, 0.15) is 0 Å². The number of pyridine rings is 2. The van der Waals surface area contributed by atoms with Gasteiger partial charge in [-0.3, -0.25) is 9.19 Å². The molecule has 1 unspecified atom stereocenters. The molecule has 0 fully saturated rings. The fourth-order valence-electron chi connectivity index (χ4n) is 1.05. The van der Waals surface area contributed by atoms with Crippen LogP contribution in [0.2, 0.25) is 0 Å². The highest BCUT2D eigenvalue weighted by atomic mass is 32.2. The Labute approximate surface area is 76.9 Å². The summed E-state index contributed by atoms with van der Waals surface area (Å²) in [6, 6.07) is 3.26. The molecule has 0 radical (unpaired) electrons. The highest BCUT2D eigenvalue weighted by Crippen LogP contribution is 2.13. The van der Waals surface area contributed by atoms with E-state index in [2.05, 4.69) is 9.97 Å². The Morgan fingerprint density at radius 1 is 1.31 bits per heavy atom. The highest BCUT2D eigenvalue weighted by molar-refractivity contribution is 7.79. The lowest BCUT2D eigenvalue weighted by atomic mass is 10.2. The summed E-state index contributed by atoms with van der Waals surface area (Å²) in [4.78, 5) is 7.65. The Kier molecular flexibility index (Phi) is 2.03. The van der Waals surface area contributed by atoms with Gasteiger partial charge in [0.05, 0.1) is 0 Å². The molecule has 0 saturated carbocycles. The van der Waals surface area contributed by atoms with Gasteiger partial charge in [0, 0.05) is 24.0 Å². The third-order valence-corrected chi connectivity index (χ3v) is 2.23. The third kappa shape index (κ3) is 1.56. The normalized spacial score (nSPS) is 13.0. The SMILES string of the molecule is O=S([O-])c1cc2ccncc2cn1. The Bertz CT molecular complexity index is 472. The lowest BCUT2D eigenvalue weighted by Gasteiger charge is -2.04. The van der Waals surface area contributed by atoms with Crippen molar-refractivity contribution in [3.05, 3.63) is 30.7 Å². The van der Waals surface area contributed by atoms with E-state index in [4.69, 9.17) is 0 Å². The number of fused-ring (bicyclic) bond motifs is 1. The predicted molar refractivity (Wildman–Crippen MR) is 46.7 cm³/mol. The smallest absolute Gasteiger partial charge is 0.114 e. The van der Waals surface area contributed by atoms with Crippen LogP contribution in [0.5, 0.6) is 0 Å². The summed E-state index contributed by atoms with van der Waals surface area (Å²) in [5.74, 6) is 0. The minimum Gasteiger partial charge on any atom is -0.767 e. The Morgan fingerprint density at radius 3 is 2.92 bits per heavy atom. The van der Waals surface area contributed by atoms with E-state index < -0.39 is 11.1 Å². The van der Waals surface area contributed by atoms with Gasteiger partial charge >= 0.3 is 0 Å². The van der Waals surface area contributed by atoms with Crippen LogP contribution in [-0.2, 0) is 11.1 Å². The second-order valence-corrected chi connectivity index (χ2v) is 3.37. The average Bonchev–Trinajstić information content (AvgIpc) is 2.17. The molecule has 2 aromatic rings. The first-order valence-electron chi connectivity index (χ1n) is 3.56. The van der Waals surface area contributed by atoms with E-state index in [1.165, 1.54) is 12.3 Å². The van der Waals surface area contributed by atoms with Gasteiger partial charge in [0.15, 0.2) is 0 Å². The minimum atomic E-state index is -2.27. The van der Waals surface area contributed by atoms with Crippen molar-refractivity contribution in [2.24, 2.45) is 0 Å². The van der Waals surface area contributed by atoms with Crippen LogP contribution >= 0.6 is 0 Å². The molecule has 0 aliphatic rings. The molecule has 0 aliphatic heterocycles. The van der Waals surface area contributed by atoms with Gasteiger partial charge < -0.3 is 4.55 Å². The van der Waals surface area contributed by atoms with Gasteiger partial charge in [0.2, 0.25) is 0 Å². The van der Waals surface area contributed by atoms with Crippen molar-refractivity contribution < 1.29 is 8.76 Å². The molecule has 0 N–H and O–H groups in total. The molecule has 2 aromatic heterocycles. The summed E-state index contributed by atoms with van der Waals surface area (Å²) in [5.41, 5.74) is 0. The molecule has 66 valence electrons. The van der Waals surface area contributed by atoms with E-state index in [0.29, 0.717) is 0 Å². The topological polar surface area (TPSA) is 65.9 Å². The Morgan fingerprint density at radius 2 is 2.15 bits per heavy atom. The first kappa shape index (κ1) is 8.28. The lowest BCUT2D eigenvalue weighted by Crippen LogP contribution is -1.92. The van der Waals surface area contributed by atoms with Crippen LogP contribution in [0.3, 0.4) is 0 Å². The highest BCUT2D eigenvalue weighted by Gasteiger charge is 1.96. The Balaban J connectivity index is 2.69. The lowest BCUT2D eigenvalue weighted by molar-refractivity contribution is 0.533. The molecule has 5 heteroatoms. The zero-order chi connectivity index (χ0) is 9.26. The van der Waals surface area contributed by atoms with Crippen molar-refractivity contribution in [1.29, 1.82) is 0 Å². The van der Waals surface area contributed by atoms with Crippen molar-refractivity contribution in [2.45, 2.75) is 5.03 Å². The maximum atomic E-state index is 10.6. The molecular formula is C8H5N2O2S-. The quantitative estimate of drug-likeness (QED) is 0.630. The number of aromatic nitrogens is 2. The standard InChI is InChI=1S/C8H6N2O2S/c11-13(12)8-3-6-1-2-9-4-7(6)5-10-8/h1-5H,(H,11,12)/p-1. The summed E-state index contributed by atoms with van der Waals surface area (Å²) in [7, 11) is 0. The van der Waals surface area contributed by atoms with Crippen molar-refractivity contribution >= 4 is 21.9 Å². The van der Waals surface area contributed by atoms with Crippen LogP contribution in [0.15, 0.2) is 35.7 Å². The largest absolute Gasteiger partial charge is 0.767 e. The summed E-state index contributed by atoms with van der Waals surface area (Å²) in [6.07, 6.45) is 4.74. The van der Waals surface area contributed by atoms with Crippen LogP contribution < -0.4 is 0 Å². The number of nitrogens with zero attached hydrogens (tertiary/aromatic N) is 2. The predicted octanol–water partition coefficient (Wildman–Crippen LogP) is 0.868. The van der Waals surface area contributed by atoms with E-state index >= 15 is 0 Å². The zero-order valence-electron chi connectivity index (χ0n) is 6.51. The molecule has 0 amide bonds. The Hall–Kier alpha value is -1.33. The van der Waals surface area contributed by atoms with Crippen LogP contribution in [0, 0.1) is 0 Å². The molecular weight excluding hydrogens is 188 g/mol. The van der Waals surface area contributed by atoms with Gasteiger partial charge in [0.25, 0.3) is 0 Å². The van der Waals surface area contributed by atoms with E-state index in [0.717, 1.165) is 10.8 Å². The van der Waals surface area contributed by atoms with Crippen LogP contribution in [0.25, 0.3) is 10.8 Å². The third-order valence-electron chi connectivity index (χ3n) is 1.67. The minimum absolute atomic E-state index is 0.0544. The maximum Gasteiger partial charge on any atom is 0.114 e. The number of hydrogen-bond donors (Lipinski definition) is 0. The van der Waals surface area contributed by atoms with Gasteiger partial charge in [-0.25, -0.2) is 4.98 Å². The molecule has 4 nitrogen and oxygen atoms in total. The fraction of sp³-hybridized carbons (Fsp3) is 0. The summed E-state index contributed by atoms with van der Waals surface area (Å²) in [6.45, 7) is 0. The second-order valence-electron chi connectivity index (χ2n) is 2.48. The van der Waals surface area contributed by atoms with Gasteiger partial charge in [-0.15, -0.1) is 0 Å². The zero-order valence-corrected chi connectivity index (χ0v) is 7.32. The van der Waals surface area contributed by atoms with Gasteiger partial charge in [0.1, 0.15) is 5.03 Å². The molecule has 0 bridgehead atoms. The van der Waals surface area contributed by atoms with Gasteiger partial charge in [-0.05, 0) is 28.6 Å². The molecule has 0 spiro atoms. The molecule has 0 aliphatic carbocycles. The van der Waals surface area contributed by atoms with E-state index in [1.54, 1.807) is 18.5 Å². The van der Waals surface area contributed by atoms with E-state index in [1.807, 2.05) is 0 Å². The summed E-state index contributed by atoms with van der Waals surface area (Å²) < 4.78 is 21.1. The maximum absolute atomic E-state index is 10.6. The van der Waals surface area contributed by atoms with Crippen molar-refractivity contribution in [2.75, 3.05) is 0 Å². The van der Waals surface area contributed by atoms with Crippen molar-refractivity contribution in [1.82, 2.24) is 9.97 Å². The van der Waals surface area contributed by atoms with Crippen LogP contribution in [-0.4, -0.2) is 18.7 Å². The summed E-state index contributed by atoms with van der Waals surface area (Å²) >= 11 is -2.27. The monoisotopic (exact) mass is 193 g/mol. The molecule has 2 rings (SSSR count). The van der Waals surface area contributed by atoms with E-state index in [-0.39, 0.29) is 5.03 Å². The van der Waals surface area contributed by atoms with Crippen molar-refractivity contribution in [3.63, 3.8) is 0 Å². The summed E-state index contributed by atoms with van der Waals surface area (Å²) in [5, 5.41) is 1.71. The molecule has 13 heavy (non-hydrogen) atoms. The molecule has 1 atom stereocenters. The van der Waals surface area contributed by atoms with Gasteiger partial charge in [-0.2, -0.15) is 0 Å². The first-order chi connectivity index (χ1) is 6.27. The molecule has 0 saturated heterocycles. The molecule has 2 heterocycles. The average molecular weight is 193 g/mol. The first-order valence-corrected chi connectivity index (χ1v) is 4.64. The van der Waals surface area contributed by atoms with Gasteiger partial charge in [-0.1, -0.05) is 0 Å². The molecule has 0 aromatic carbocycles. The number of rotatable bonds is 1. The van der Waals surface area contributed by atoms with Crippen molar-refractivity contribution in [3.8, 4) is 0 Å². The second kappa shape index (κ2) is 3.20. The van der Waals surface area contributed by atoms with E-state index in [9.17, 15) is 8.76 Å². The van der Waals surface area contributed by atoms with Crippen LogP contribution in [0.4, 0.5) is 0 Å².